The van der Waals surface area contributed by atoms with Crippen molar-refractivity contribution in [3.05, 3.63) is 47.1 Å². The Labute approximate surface area is 146 Å². The molecule has 0 saturated carbocycles. The van der Waals surface area contributed by atoms with Gasteiger partial charge in [-0.1, -0.05) is 12.1 Å². The maximum atomic E-state index is 11.7. The van der Waals surface area contributed by atoms with E-state index in [1.165, 1.54) is 0 Å². The number of hydrogen-bond donors (Lipinski definition) is 0. The number of benzene rings is 1. The molecular formula is C18H19N3O3S. The molecule has 0 amide bonds. The van der Waals surface area contributed by atoms with Gasteiger partial charge in [0.1, 0.15) is 5.52 Å². The standard InChI is InChI=1S/C18H19N3O3S/c1-12-15(7-8-18-19-16-5-3-4-6-17(16)24-18)13(2)21(20-12)14-9-10-25(22,23)11-14/h3-8,14H,9-11H2,1-2H3/b8-7+. The van der Waals surface area contributed by atoms with Crippen molar-refractivity contribution in [3.63, 3.8) is 0 Å². The molecule has 0 N–H and O–H groups in total. The van der Waals surface area contributed by atoms with Crippen LogP contribution in [0.2, 0.25) is 0 Å². The molecule has 1 aromatic carbocycles. The summed E-state index contributed by atoms with van der Waals surface area (Å²) in [6, 6.07) is 7.55. The number of aryl methyl sites for hydroxylation is 1. The minimum absolute atomic E-state index is 0.0739. The zero-order chi connectivity index (χ0) is 17.6. The number of oxazole rings is 1. The van der Waals surface area contributed by atoms with E-state index in [4.69, 9.17) is 4.42 Å². The highest BCUT2D eigenvalue weighted by Crippen LogP contribution is 2.27. The number of rotatable bonds is 3. The molecular weight excluding hydrogens is 338 g/mol. The molecule has 1 aliphatic heterocycles. The largest absolute Gasteiger partial charge is 0.437 e. The van der Waals surface area contributed by atoms with Crippen LogP contribution in [0.15, 0.2) is 28.7 Å². The lowest BCUT2D eigenvalue weighted by Crippen LogP contribution is -2.13. The fourth-order valence-electron chi connectivity index (χ4n) is 3.36. The van der Waals surface area contributed by atoms with E-state index >= 15 is 0 Å². The van der Waals surface area contributed by atoms with Crippen molar-refractivity contribution < 1.29 is 12.8 Å². The van der Waals surface area contributed by atoms with Crippen LogP contribution in [0.3, 0.4) is 0 Å². The highest BCUT2D eigenvalue weighted by Gasteiger charge is 2.31. The molecule has 0 spiro atoms. The maximum Gasteiger partial charge on any atom is 0.220 e. The van der Waals surface area contributed by atoms with Crippen molar-refractivity contribution >= 4 is 33.1 Å². The Bertz CT molecular complexity index is 1040. The second-order valence-corrected chi connectivity index (χ2v) is 8.67. The van der Waals surface area contributed by atoms with E-state index in [2.05, 4.69) is 10.1 Å². The molecule has 1 atom stereocenters. The lowest BCUT2D eigenvalue weighted by atomic mass is 10.1. The van der Waals surface area contributed by atoms with Gasteiger partial charge in [0.25, 0.3) is 0 Å². The molecule has 2 aromatic heterocycles. The molecule has 7 heteroatoms. The van der Waals surface area contributed by atoms with Crippen molar-refractivity contribution in [3.8, 4) is 0 Å². The molecule has 3 aromatic rings. The Morgan fingerprint density at radius 1 is 1.24 bits per heavy atom. The van der Waals surface area contributed by atoms with Crippen LogP contribution in [0.1, 0.15) is 35.3 Å². The molecule has 1 saturated heterocycles. The van der Waals surface area contributed by atoms with E-state index in [0.29, 0.717) is 12.3 Å². The van der Waals surface area contributed by atoms with Gasteiger partial charge in [0.15, 0.2) is 15.4 Å². The van der Waals surface area contributed by atoms with Gasteiger partial charge in [-0.3, -0.25) is 4.68 Å². The van der Waals surface area contributed by atoms with Crippen molar-refractivity contribution in [2.45, 2.75) is 26.3 Å². The monoisotopic (exact) mass is 357 g/mol. The summed E-state index contributed by atoms with van der Waals surface area (Å²) in [5.74, 6) is 0.948. The fraction of sp³-hybridized carbons (Fsp3) is 0.333. The lowest BCUT2D eigenvalue weighted by Gasteiger charge is -2.10. The Balaban J connectivity index is 1.64. The van der Waals surface area contributed by atoms with E-state index < -0.39 is 9.84 Å². The van der Waals surface area contributed by atoms with Gasteiger partial charge in [0, 0.05) is 17.3 Å². The smallest absolute Gasteiger partial charge is 0.220 e. The first-order chi connectivity index (χ1) is 11.9. The Morgan fingerprint density at radius 3 is 2.76 bits per heavy atom. The normalized spacial score (nSPS) is 20.0. The van der Waals surface area contributed by atoms with E-state index in [0.717, 1.165) is 28.1 Å². The summed E-state index contributed by atoms with van der Waals surface area (Å²) in [4.78, 5) is 4.43. The average Bonchev–Trinajstić information content (AvgIpc) is 3.21. The molecule has 6 nitrogen and oxygen atoms in total. The van der Waals surface area contributed by atoms with E-state index in [-0.39, 0.29) is 17.5 Å². The van der Waals surface area contributed by atoms with Crippen molar-refractivity contribution in [1.29, 1.82) is 0 Å². The molecule has 0 radical (unpaired) electrons. The van der Waals surface area contributed by atoms with Gasteiger partial charge in [0.05, 0.1) is 23.2 Å². The van der Waals surface area contributed by atoms with Gasteiger partial charge < -0.3 is 4.42 Å². The molecule has 0 bridgehead atoms. The SMILES string of the molecule is Cc1nn(C2CCS(=O)(=O)C2)c(C)c1/C=C/c1nc2ccccc2o1. The summed E-state index contributed by atoms with van der Waals surface area (Å²) >= 11 is 0. The fourth-order valence-corrected chi connectivity index (χ4v) is 5.05. The molecule has 3 heterocycles. The van der Waals surface area contributed by atoms with Crippen LogP contribution in [0.5, 0.6) is 0 Å². The zero-order valence-electron chi connectivity index (χ0n) is 14.1. The van der Waals surface area contributed by atoms with Crippen LogP contribution in [0.25, 0.3) is 23.3 Å². The average molecular weight is 357 g/mol. The van der Waals surface area contributed by atoms with Crippen molar-refractivity contribution in [2.75, 3.05) is 11.5 Å². The van der Waals surface area contributed by atoms with Gasteiger partial charge in [-0.2, -0.15) is 5.10 Å². The minimum Gasteiger partial charge on any atom is -0.437 e. The number of hydrogen-bond acceptors (Lipinski definition) is 5. The van der Waals surface area contributed by atoms with Crippen LogP contribution in [-0.2, 0) is 9.84 Å². The predicted molar refractivity (Wildman–Crippen MR) is 96.9 cm³/mol. The third-order valence-electron chi connectivity index (χ3n) is 4.64. The number of aromatic nitrogens is 3. The molecule has 1 unspecified atom stereocenters. The molecule has 130 valence electrons. The number of nitrogens with zero attached hydrogens (tertiary/aromatic N) is 3. The van der Waals surface area contributed by atoms with Gasteiger partial charge in [-0.15, -0.1) is 0 Å². The lowest BCUT2D eigenvalue weighted by molar-refractivity contribution is 0.486. The first kappa shape index (κ1) is 16.1. The molecule has 4 rings (SSSR count). The molecule has 1 aliphatic rings. The third kappa shape index (κ3) is 3.00. The van der Waals surface area contributed by atoms with Gasteiger partial charge in [0.2, 0.25) is 5.89 Å². The first-order valence-electron chi connectivity index (χ1n) is 8.23. The van der Waals surface area contributed by atoms with Gasteiger partial charge in [-0.05, 0) is 38.5 Å². The Kier molecular flexibility index (Phi) is 3.76. The summed E-state index contributed by atoms with van der Waals surface area (Å²) in [6.45, 7) is 3.90. The summed E-state index contributed by atoms with van der Waals surface area (Å²) in [5.41, 5.74) is 4.39. The van der Waals surface area contributed by atoms with E-state index in [1.54, 1.807) is 0 Å². The molecule has 25 heavy (non-hydrogen) atoms. The van der Waals surface area contributed by atoms with Crippen LogP contribution in [-0.4, -0.2) is 34.7 Å². The Morgan fingerprint density at radius 2 is 2.04 bits per heavy atom. The molecule has 0 aliphatic carbocycles. The number of para-hydroxylation sites is 2. The topological polar surface area (TPSA) is 78.0 Å². The Hall–Kier alpha value is -2.41. The first-order valence-corrected chi connectivity index (χ1v) is 10.0. The van der Waals surface area contributed by atoms with Gasteiger partial charge >= 0.3 is 0 Å². The number of sulfone groups is 1. The summed E-state index contributed by atoms with van der Waals surface area (Å²) < 4.78 is 31.0. The van der Waals surface area contributed by atoms with Crippen LogP contribution in [0.4, 0.5) is 0 Å². The third-order valence-corrected chi connectivity index (χ3v) is 6.39. The van der Waals surface area contributed by atoms with Crippen molar-refractivity contribution in [2.24, 2.45) is 0 Å². The quantitative estimate of drug-likeness (QED) is 0.719. The number of fused-ring (bicyclic) bond motifs is 1. The van der Waals surface area contributed by atoms with Crippen LogP contribution < -0.4 is 0 Å². The second kappa shape index (κ2) is 5.84. The highest BCUT2D eigenvalue weighted by atomic mass is 32.2. The van der Waals surface area contributed by atoms with E-state index in [1.807, 2.05) is 54.9 Å². The van der Waals surface area contributed by atoms with E-state index in [9.17, 15) is 8.42 Å². The summed E-state index contributed by atoms with van der Waals surface area (Å²) in [5, 5.41) is 4.56. The van der Waals surface area contributed by atoms with Crippen LogP contribution >= 0.6 is 0 Å². The predicted octanol–water partition coefficient (Wildman–Crippen LogP) is 3.17. The summed E-state index contributed by atoms with van der Waals surface area (Å²) in [6.07, 6.45) is 4.38. The summed E-state index contributed by atoms with van der Waals surface area (Å²) in [7, 11) is -2.94. The highest BCUT2D eigenvalue weighted by molar-refractivity contribution is 7.91. The van der Waals surface area contributed by atoms with Crippen molar-refractivity contribution in [1.82, 2.24) is 14.8 Å². The zero-order valence-corrected chi connectivity index (χ0v) is 15.0. The minimum atomic E-state index is -2.94. The van der Waals surface area contributed by atoms with Gasteiger partial charge in [-0.25, -0.2) is 13.4 Å². The maximum absolute atomic E-state index is 11.7. The molecule has 1 fully saturated rings. The van der Waals surface area contributed by atoms with Crippen LogP contribution in [0, 0.1) is 13.8 Å². The second-order valence-electron chi connectivity index (χ2n) is 6.44.